The van der Waals surface area contributed by atoms with Gasteiger partial charge in [-0.3, -0.25) is 9.69 Å². The molecule has 0 aromatic heterocycles. The molecule has 0 radical (unpaired) electrons. The Morgan fingerprint density at radius 3 is 3.04 bits per heavy atom. The SMILES string of the molecule is CC(=O)NC[C@H]1CN(c2ccc(N3CCC4CC(CS4)C3)c(F)c2)C(=O)O1. The maximum atomic E-state index is 14.9. The van der Waals surface area contributed by atoms with Crippen LogP contribution in [0.2, 0.25) is 0 Å². The molecule has 1 N–H and O–H groups in total. The first-order valence-corrected chi connectivity index (χ1v) is 10.4. The molecule has 2 unspecified atom stereocenters. The minimum atomic E-state index is -0.512. The summed E-state index contributed by atoms with van der Waals surface area (Å²) in [6.45, 7) is 3.73. The average molecular weight is 393 g/mol. The fraction of sp³-hybridized carbons (Fsp3) is 0.579. The predicted octanol–water partition coefficient (Wildman–Crippen LogP) is 2.62. The largest absolute Gasteiger partial charge is 0.442 e. The Bertz CT molecular complexity index is 747. The lowest BCUT2D eigenvalue weighted by Crippen LogP contribution is -2.33. The number of fused-ring (bicyclic) bond motifs is 2. The number of hydrogen-bond acceptors (Lipinski definition) is 5. The molecule has 3 fully saturated rings. The van der Waals surface area contributed by atoms with Crippen LogP contribution in [0.15, 0.2) is 18.2 Å². The smallest absolute Gasteiger partial charge is 0.414 e. The van der Waals surface area contributed by atoms with Crippen LogP contribution in [0.3, 0.4) is 0 Å². The Morgan fingerprint density at radius 1 is 1.41 bits per heavy atom. The maximum Gasteiger partial charge on any atom is 0.414 e. The number of carbonyl (C=O) groups excluding carboxylic acids is 2. The molecule has 0 saturated carbocycles. The van der Waals surface area contributed by atoms with Crippen molar-refractivity contribution in [1.29, 1.82) is 0 Å². The van der Waals surface area contributed by atoms with Crippen molar-refractivity contribution < 1.29 is 18.7 Å². The van der Waals surface area contributed by atoms with Crippen LogP contribution in [-0.2, 0) is 9.53 Å². The van der Waals surface area contributed by atoms with Crippen LogP contribution >= 0.6 is 11.8 Å². The number of amides is 2. The van der Waals surface area contributed by atoms with Crippen molar-refractivity contribution in [3.63, 3.8) is 0 Å². The van der Waals surface area contributed by atoms with E-state index in [1.807, 2.05) is 11.8 Å². The molecule has 3 aliphatic heterocycles. The van der Waals surface area contributed by atoms with Gasteiger partial charge in [0.1, 0.15) is 11.9 Å². The Labute approximate surface area is 162 Å². The molecule has 0 aliphatic carbocycles. The molecule has 4 rings (SSSR count). The van der Waals surface area contributed by atoms with E-state index in [1.165, 1.54) is 24.3 Å². The first kappa shape index (κ1) is 18.4. The number of nitrogens with one attached hydrogen (secondary N) is 1. The quantitative estimate of drug-likeness (QED) is 0.852. The van der Waals surface area contributed by atoms with E-state index in [-0.39, 0.29) is 18.3 Å². The summed E-state index contributed by atoms with van der Waals surface area (Å²) in [5.74, 6) is 1.31. The van der Waals surface area contributed by atoms with Crippen LogP contribution in [0.25, 0.3) is 0 Å². The van der Waals surface area contributed by atoms with Crippen LogP contribution in [0.5, 0.6) is 0 Å². The van der Waals surface area contributed by atoms with E-state index in [0.29, 0.717) is 29.1 Å². The van der Waals surface area contributed by atoms with E-state index in [9.17, 15) is 14.0 Å². The number of thioether (sulfide) groups is 1. The molecule has 3 aliphatic rings. The molecular formula is C19H24FN3O3S. The third kappa shape index (κ3) is 4.00. The second-order valence-corrected chi connectivity index (χ2v) is 8.81. The molecular weight excluding hydrogens is 369 g/mol. The second kappa shape index (κ2) is 7.58. The van der Waals surface area contributed by atoms with Gasteiger partial charge in [0.15, 0.2) is 0 Å². The van der Waals surface area contributed by atoms with Gasteiger partial charge in [0.2, 0.25) is 5.91 Å². The Kier molecular flexibility index (Phi) is 5.16. The number of cyclic esters (lactones) is 1. The van der Waals surface area contributed by atoms with E-state index in [2.05, 4.69) is 10.2 Å². The van der Waals surface area contributed by atoms with E-state index >= 15 is 0 Å². The first-order chi connectivity index (χ1) is 13.0. The highest BCUT2D eigenvalue weighted by Gasteiger charge is 2.34. The van der Waals surface area contributed by atoms with Crippen LogP contribution in [0.4, 0.5) is 20.6 Å². The summed E-state index contributed by atoms with van der Waals surface area (Å²) in [4.78, 5) is 26.7. The van der Waals surface area contributed by atoms with Crippen molar-refractivity contribution >= 4 is 35.1 Å². The Balaban J connectivity index is 1.45. The Hall–Kier alpha value is -1.96. The molecule has 6 nitrogen and oxygen atoms in total. The van der Waals surface area contributed by atoms with Gasteiger partial charge in [-0.25, -0.2) is 9.18 Å². The van der Waals surface area contributed by atoms with Crippen molar-refractivity contribution in [3.8, 4) is 0 Å². The normalized spacial score (nSPS) is 27.5. The predicted molar refractivity (Wildman–Crippen MR) is 104 cm³/mol. The second-order valence-electron chi connectivity index (χ2n) is 7.48. The van der Waals surface area contributed by atoms with Gasteiger partial charge in [-0.2, -0.15) is 11.8 Å². The summed E-state index contributed by atoms with van der Waals surface area (Å²) in [6, 6.07) is 4.96. The molecule has 1 aromatic carbocycles. The zero-order valence-corrected chi connectivity index (χ0v) is 16.1. The van der Waals surface area contributed by atoms with Crippen molar-refractivity contribution in [1.82, 2.24) is 5.32 Å². The van der Waals surface area contributed by atoms with Crippen molar-refractivity contribution in [3.05, 3.63) is 24.0 Å². The minimum absolute atomic E-state index is 0.176. The molecule has 0 spiro atoms. The van der Waals surface area contributed by atoms with Crippen molar-refractivity contribution in [2.75, 3.05) is 41.7 Å². The summed E-state index contributed by atoms with van der Waals surface area (Å²) in [6.07, 6.45) is 1.38. The third-order valence-corrected chi connectivity index (χ3v) is 6.96. The zero-order valence-electron chi connectivity index (χ0n) is 15.3. The molecule has 3 atom stereocenters. The summed E-state index contributed by atoms with van der Waals surface area (Å²) in [5, 5.41) is 3.35. The molecule has 2 bridgehead atoms. The Morgan fingerprint density at radius 2 is 2.26 bits per heavy atom. The van der Waals surface area contributed by atoms with E-state index in [0.717, 1.165) is 25.3 Å². The highest BCUT2D eigenvalue weighted by Crippen LogP contribution is 2.38. The molecule has 2 amide bonds. The van der Waals surface area contributed by atoms with Gasteiger partial charge in [0, 0.05) is 25.3 Å². The molecule has 3 heterocycles. The number of benzene rings is 1. The van der Waals surface area contributed by atoms with Crippen LogP contribution in [-0.4, -0.2) is 55.3 Å². The molecule has 8 heteroatoms. The van der Waals surface area contributed by atoms with Gasteiger partial charge in [-0.05, 0) is 42.7 Å². The van der Waals surface area contributed by atoms with E-state index < -0.39 is 12.2 Å². The molecule has 3 saturated heterocycles. The fourth-order valence-electron chi connectivity index (χ4n) is 4.05. The van der Waals surface area contributed by atoms with Gasteiger partial charge in [-0.1, -0.05) is 0 Å². The van der Waals surface area contributed by atoms with Gasteiger partial charge in [0.05, 0.1) is 24.5 Å². The van der Waals surface area contributed by atoms with Crippen molar-refractivity contribution in [2.24, 2.45) is 5.92 Å². The van der Waals surface area contributed by atoms with Crippen molar-refractivity contribution in [2.45, 2.75) is 31.1 Å². The van der Waals surface area contributed by atoms with Crippen LogP contribution < -0.4 is 15.1 Å². The number of ether oxygens (including phenoxy) is 1. The number of nitrogens with zero attached hydrogens (tertiary/aromatic N) is 2. The van der Waals surface area contributed by atoms with Gasteiger partial charge < -0.3 is 15.0 Å². The topological polar surface area (TPSA) is 61.9 Å². The van der Waals surface area contributed by atoms with Crippen LogP contribution in [0.1, 0.15) is 19.8 Å². The number of halogens is 1. The number of carbonyl (C=O) groups is 2. The fourth-order valence-corrected chi connectivity index (χ4v) is 5.51. The molecule has 27 heavy (non-hydrogen) atoms. The summed E-state index contributed by atoms with van der Waals surface area (Å²) < 4.78 is 20.1. The lowest BCUT2D eigenvalue weighted by molar-refractivity contribution is -0.119. The summed E-state index contributed by atoms with van der Waals surface area (Å²) in [7, 11) is 0. The lowest BCUT2D eigenvalue weighted by atomic mass is 10.1. The molecule has 1 aromatic rings. The van der Waals surface area contributed by atoms with Gasteiger partial charge in [-0.15, -0.1) is 0 Å². The monoisotopic (exact) mass is 393 g/mol. The number of anilines is 2. The van der Waals surface area contributed by atoms with Crippen LogP contribution in [0, 0.1) is 11.7 Å². The highest BCUT2D eigenvalue weighted by atomic mass is 32.2. The zero-order chi connectivity index (χ0) is 19.0. The minimum Gasteiger partial charge on any atom is -0.442 e. The van der Waals surface area contributed by atoms with E-state index in [1.54, 1.807) is 12.1 Å². The van der Waals surface area contributed by atoms with Gasteiger partial charge in [0.25, 0.3) is 0 Å². The first-order valence-electron chi connectivity index (χ1n) is 9.38. The lowest BCUT2D eigenvalue weighted by Gasteiger charge is -2.27. The highest BCUT2D eigenvalue weighted by molar-refractivity contribution is 8.00. The van der Waals surface area contributed by atoms with E-state index in [4.69, 9.17) is 4.74 Å². The van der Waals surface area contributed by atoms with Gasteiger partial charge >= 0.3 is 6.09 Å². The summed E-state index contributed by atoms with van der Waals surface area (Å²) in [5.41, 5.74) is 1.09. The number of rotatable bonds is 4. The summed E-state index contributed by atoms with van der Waals surface area (Å²) >= 11 is 2.05. The molecule has 146 valence electrons. The number of hydrogen-bond donors (Lipinski definition) is 1. The standard InChI is InChI=1S/C19H24FN3O3S/c1-12(24)21-8-15-10-23(19(25)26-15)14-2-3-18(17(20)7-14)22-5-4-16-6-13(9-22)11-27-16/h2-3,7,13,15-16H,4-6,8-11H2,1H3,(H,21,24)/t13?,15-,16?/m0/s1. The average Bonchev–Trinajstić information content (AvgIpc) is 3.15. The maximum absolute atomic E-state index is 14.9. The third-order valence-electron chi connectivity index (χ3n) is 5.40.